The Morgan fingerprint density at radius 3 is 2.29 bits per heavy atom. The maximum atomic E-state index is 9.00. The number of nitrogens with zero attached hydrogens (tertiary/aromatic N) is 1. The summed E-state index contributed by atoms with van der Waals surface area (Å²) in [5.41, 5.74) is 6.10. The van der Waals surface area contributed by atoms with Gasteiger partial charge in [-0.2, -0.15) is 5.26 Å². The van der Waals surface area contributed by atoms with Crippen molar-refractivity contribution in [2.45, 2.75) is 82.8 Å². The summed E-state index contributed by atoms with van der Waals surface area (Å²) in [5.74, 6) is 1.57. The lowest BCUT2D eigenvalue weighted by molar-refractivity contribution is -0.191. The second kappa shape index (κ2) is 10.4. The summed E-state index contributed by atoms with van der Waals surface area (Å²) >= 11 is 0. The Morgan fingerprint density at radius 2 is 1.65 bits per heavy atom. The van der Waals surface area contributed by atoms with E-state index in [1.807, 2.05) is 24.3 Å². The predicted octanol–water partition coefficient (Wildman–Crippen LogP) is 7.34. The Morgan fingerprint density at radius 1 is 0.935 bits per heavy atom. The highest BCUT2D eigenvalue weighted by atomic mass is 16.7. The van der Waals surface area contributed by atoms with Gasteiger partial charge in [0.25, 0.3) is 0 Å². The Kier molecular flexibility index (Phi) is 7.43. The van der Waals surface area contributed by atoms with Crippen molar-refractivity contribution in [2.24, 2.45) is 0 Å². The first kappa shape index (κ1) is 22.1. The molecule has 0 N–H and O–H groups in total. The molecule has 1 unspecified atom stereocenters. The number of hydrogen-bond donors (Lipinski definition) is 0. The van der Waals surface area contributed by atoms with Gasteiger partial charge in [-0.25, -0.2) is 0 Å². The first-order chi connectivity index (χ1) is 15.2. The summed E-state index contributed by atoms with van der Waals surface area (Å²) in [6.45, 7) is 5.98. The zero-order chi connectivity index (χ0) is 21.6. The zero-order valence-corrected chi connectivity index (χ0v) is 19.0. The minimum absolute atomic E-state index is 0.280. The Labute approximate surface area is 187 Å². The normalized spacial score (nSPS) is 23.3. The molecule has 0 spiro atoms. The lowest BCUT2D eigenvalue weighted by atomic mass is 9.78. The van der Waals surface area contributed by atoms with Gasteiger partial charge in [-0.1, -0.05) is 69.9 Å². The molecule has 0 aromatic heterocycles. The van der Waals surface area contributed by atoms with E-state index in [1.165, 1.54) is 56.1 Å². The number of benzene rings is 2. The second-order valence-corrected chi connectivity index (χ2v) is 9.34. The SMILES string of the molecule is CCCC(C)c1ccc([C@H]2CO[C@H](c3ccc(C#N)cc3)OC2)c(C2CCCCC2)c1. The third kappa shape index (κ3) is 5.20. The van der Waals surface area contributed by atoms with Gasteiger partial charge >= 0.3 is 0 Å². The number of hydrogen-bond acceptors (Lipinski definition) is 3. The molecule has 1 heterocycles. The summed E-state index contributed by atoms with van der Waals surface area (Å²) in [4.78, 5) is 0. The van der Waals surface area contributed by atoms with Crippen LogP contribution in [0.3, 0.4) is 0 Å². The molecule has 1 saturated heterocycles. The third-order valence-electron chi connectivity index (χ3n) is 7.10. The fourth-order valence-electron chi connectivity index (χ4n) is 5.23. The van der Waals surface area contributed by atoms with Crippen LogP contribution in [0.25, 0.3) is 0 Å². The van der Waals surface area contributed by atoms with Gasteiger partial charge < -0.3 is 9.47 Å². The second-order valence-electron chi connectivity index (χ2n) is 9.34. The minimum atomic E-state index is -0.342. The highest BCUT2D eigenvalue weighted by Crippen LogP contribution is 2.40. The lowest BCUT2D eigenvalue weighted by Gasteiger charge is -2.33. The molecule has 31 heavy (non-hydrogen) atoms. The highest BCUT2D eigenvalue weighted by Gasteiger charge is 2.29. The van der Waals surface area contributed by atoms with Crippen molar-refractivity contribution in [1.82, 2.24) is 0 Å². The van der Waals surface area contributed by atoms with Crippen molar-refractivity contribution in [3.05, 3.63) is 70.3 Å². The smallest absolute Gasteiger partial charge is 0.183 e. The van der Waals surface area contributed by atoms with E-state index in [9.17, 15) is 0 Å². The first-order valence-corrected chi connectivity index (χ1v) is 12.1. The Balaban J connectivity index is 1.52. The van der Waals surface area contributed by atoms with Crippen molar-refractivity contribution in [3.8, 4) is 6.07 Å². The van der Waals surface area contributed by atoms with Gasteiger partial charge in [0.1, 0.15) is 0 Å². The topological polar surface area (TPSA) is 42.2 Å². The van der Waals surface area contributed by atoms with Crippen molar-refractivity contribution in [2.75, 3.05) is 13.2 Å². The average Bonchev–Trinajstić information content (AvgIpc) is 2.84. The van der Waals surface area contributed by atoms with Crippen LogP contribution in [0.5, 0.6) is 0 Å². The largest absolute Gasteiger partial charge is 0.348 e. The van der Waals surface area contributed by atoms with Crippen LogP contribution in [-0.2, 0) is 9.47 Å². The van der Waals surface area contributed by atoms with Gasteiger partial charge in [0.2, 0.25) is 0 Å². The summed E-state index contributed by atoms with van der Waals surface area (Å²) in [6, 6.07) is 16.9. The summed E-state index contributed by atoms with van der Waals surface area (Å²) in [6.07, 6.45) is 8.80. The van der Waals surface area contributed by atoms with Gasteiger partial charge in [0, 0.05) is 11.5 Å². The quantitative estimate of drug-likeness (QED) is 0.494. The van der Waals surface area contributed by atoms with Gasteiger partial charge in [-0.15, -0.1) is 0 Å². The standard InChI is InChI=1S/C28H35NO2/c1-3-7-20(2)24-14-15-26(27(16-24)22-8-5-4-6-9-22)25-18-30-28(31-19-25)23-12-10-21(17-29)11-13-23/h10-16,20,22,25,28H,3-9,18-19H2,1-2H3/t20?,25-,28-. The molecule has 1 aliphatic carbocycles. The fraction of sp³-hybridized carbons (Fsp3) is 0.536. The van der Waals surface area contributed by atoms with Crippen LogP contribution >= 0.6 is 0 Å². The van der Waals surface area contributed by atoms with Crippen LogP contribution < -0.4 is 0 Å². The molecular weight excluding hydrogens is 382 g/mol. The minimum Gasteiger partial charge on any atom is -0.348 e. The van der Waals surface area contributed by atoms with Crippen LogP contribution in [0.2, 0.25) is 0 Å². The van der Waals surface area contributed by atoms with E-state index >= 15 is 0 Å². The average molecular weight is 418 g/mol. The van der Waals surface area contributed by atoms with E-state index in [4.69, 9.17) is 14.7 Å². The maximum Gasteiger partial charge on any atom is 0.183 e. The van der Waals surface area contributed by atoms with Gasteiger partial charge in [0.15, 0.2) is 6.29 Å². The summed E-state index contributed by atoms with van der Waals surface area (Å²) in [7, 11) is 0. The molecule has 1 atom stereocenters. The molecule has 0 radical (unpaired) electrons. The fourth-order valence-corrected chi connectivity index (χ4v) is 5.23. The molecule has 164 valence electrons. The van der Waals surface area contributed by atoms with Crippen LogP contribution in [0.15, 0.2) is 42.5 Å². The monoisotopic (exact) mass is 417 g/mol. The predicted molar refractivity (Wildman–Crippen MR) is 124 cm³/mol. The van der Waals surface area contributed by atoms with Crippen molar-refractivity contribution < 1.29 is 9.47 Å². The van der Waals surface area contributed by atoms with Gasteiger partial charge in [0.05, 0.1) is 24.8 Å². The molecule has 3 heteroatoms. The molecule has 2 aromatic carbocycles. The Hall–Kier alpha value is -2.15. The molecular formula is C28H35NO2. The zero-order valence-electron chi connectivity index (χ0n) is 19.0. The van der Waals surface area contributed by atoms with Gasteiger partial charge in [-0.3, -0.25) is 0 Å². The van der Waals surface area contributed by atoms with E-state index in [0.717, 1.165) is 5.56 Å². The number of nitriles is 1. The van der Waals surface area contributed by atoms with Crippen LogP contribution in [0.4, 0.5) is 0 Å². The van der Waals surface area contributed by atoms with Crippen LogP contribution in [0, 0.1) is 11.3 Å². The molecule has 2 fully saturated rings. The van der Waals surface area contributed by atoms with E-state index < -0.39 is 0 Å². The van der Waals surface area contributed by atoms with Crippen molar-refractivity contribution in [1.29, 1.82) is 5.26 Å². The molecule has 4 rings (SSSR count). The molecule has 1 aliphatic heterocycles. The van der Waals surface area contributed by atoms with E-state index in [2.05, 4.69) is 38.1 Å². The molecule has 2 aliphatic rings. The first-order valence-electron chi connectivity index (χ1n) is 12.1. The molecule has 3 nitrogen and oxygen atoms in total. The Bertz CT molecular complexity index is 884. The van der Waals surface area contributed by atoms with Crippen molar-refractivity contribution >= 4 is 0 Å². The van der Waals surface area contributed by atoms with E-state index in [-0.39, 0.29) is 12.2 Å². The van der Waals surface area contributed by atoms with Crippen LogP contribution in [-0.4, -0.2) is 13.2 Å². The summed E-state index contributed by atoms with van der Waals surface area (Å²) < 4.78 is 12.3. The molecule has 1 saturated carbocycles. The lowest BCUT2D eigenvalue weighted by Crippen LogP contribution is -2.27. The maximum absolute atomic E-state index is 9.00. The van der Waals surface area contributed by atoms with E-state index in [1.54, 1.807) is 5.56 Å². The highest BCUT2D eigenvalue weighted by molar-refractivity contribution is 5.39. The molecule has 0 amide bonds. The summed E-state index contributed by atoms with van der Waals surface area (Å²) in [5, 5.41) is 9.00. The third-order valence-corrected chi connectivity index (χ3v) is 7.10. The number of rotatable bonds is 6. The van der Waals surface area contributed by atoms with Gasteiger partial charge in [-0.05, 0) is 59.9 Å². The van der Waals surface area contributed by atoms with Crippen LogP contribution in [0.1, 0.15) is 111 Å². The molecule has 2 aromatic rings. The number of ether oxygens (including phenoxy) is 2. The molecule has 0 bridgehead atoms. The van der Waals surface area contributed by atoms with Crippen molar-refractivity contribution in [3.63, 3.8) is 0 Å². The van der Waals surface area contributed by atoms with E-state index in [0.29, 0.717) is 30.6 Å².